The number of aliphatic carboxylic acids is 2. The molecule has 0 saturated heterocycles. The van der Waals surface area contributed by atoms with Gasteiger partial charge in [-0.1, -0.05) is 0 Å². The van der Waals surface area contributed by atoms with E-state index in [4.69, 9.17) is 10.5 Å². The summed E-state index contributed by atoms with van der Waals surface area (Å²) in [6, 6.07) is 0. The van der Waals surface area contributed by atoms with Crippen LogP contribution < -0.4 is 75.1 Å². The summed E-state index contributed by atoms with van der Waals surface area (Å²) < 4.78 is 5.06. The first-order chi connectivity index (χ1) is 8.06. The van der Waals surface area contributed by atoms with E-state index in [2.05, 4.69) is 0 Å². The van der Waals surface area contributed by atoms with Crippen LogP contribution in [0, 0.1) is 0 Å². The Hall–Kier alpha value is 0.820. The zero-order valence-corrected chi connectivity index (χ0v) is 15.7. The molecule has 0 rings (SSSR count). The van der Waals surface area contributed by atoms with Crippen LogP contribution in [-0.4, -0.2) is 56.2 Å². The summed E-state index contributed by atoms with van der Waals surface area (Å²) in [5, 5.41) is 20.4. The summed E-state index contributed by atoms with van der Waals surface area (Å²) in [4.78, 5) is 22.2. The molecule has 0 aliphatic rings. The van der Waals surface area contributed by atoms with Crippen molar-refractivity contribution >= 4 is 11.9 Å². The molecule has 0 amide bonds. The summed E-state index contributed by atoms with van der Waals surface area (Å²) in [6.45, 7) is 2.28. The van der Waals surface area contributed by atoms with Gasteiger partial charge >= 0.3 is 59.1 Å². The van der Waals surface area contributed by atoms with Crippen molar-refractivity contribution < 1.29 is 83.7 Å². The third kappa shape index (κ3) is 18.8. The first-order valence-corrected chi connectivity index (χ1v) is 5.46. The van der Waals surface area contributed by atoms with Gasteiger partial charge in [-0.05, 0) is 6.42 Å². The Bertz CT molecular complexity index is 244. The number of nitrogens with zero attached hydrogens (tertiary/aromatic N) is 1. The Labute approximate surface area is 157 Å². The number of carboxylic acids is 2. The number of hydrogen-bond acceptors (Lipinski definition) is 7. The summed E-state index contributed by atoms with van der Waals surface area (Å²) in [5.41, 5.74) is 5.37. The van der Waals surface area contributed by atoms with Gasteiger partial charge < -0.3 is 30.3 Å². The minimum Gasteiger partial charge on any atom is -0.550 e. The van der Waals surface area contributed by atoms with Gasteiger partial charge in [-0.15, -0.1) is 0 Å². The van der Waals surface area contributed by atoms with Crippen molar-refractivity contribution in [1.29, 1.82) is 0 Å². The summed E-state index contributed by atoms with van der Waals surface area (Å²) >= 11 is 0. The molecular formula is C10H18N2Na2O5. The maximum atomic E-state index is 10.3. The van der Waals surface area contributed by atoms with Crippen molar-refractivity contribution in [2.45, 2.75) is 12.8 Å². The van der Waals surface area contributed by atoms with Crippen LogP contribution in [0.3, 0.4) is 0 Å². The zero-order chi connectivity index (χ0) is 13.1. The Morgan fingerprint density at radius 2 is 1.53 bits per heavy atom. The van der Waals surface area contributed by atoms with Gasteiger partial charge in [0.05, 0.1) is 13.2 Å². The third-order valence-electron chi connectivity index (χ3n) is 2.08. The quantitative estimate of drug-likeness (QED) is 0.297. The fourth-order valence-corrected chi connectivity index (χ4v) is 1.22. The average molecular weight is 292 g/mol. The minimum atomic E-state index is -1.15. The predicted octanol–water partition coefficient (Wildman–Crippen LogP) is -9.45. The smallest absolute Gasteiger partial charge is 0.550 e. The molecule has 7 nitrogen and oxygen atoms in total. The summed E-state index contributed by atoms with van der Waals surface area (Å²) in [5.74, 6) is -2.26. The first kappa shape index (κ1) is 24.8. The molecule has 0 unspecified atom stereocenters. The van der Waals surface area contributed by atoms with Crippen molar-refractivity contribution in [3.8, 4) is 0 Å². The molecule has 100 valence electrons. The van der Waals surface area contributed by atoms with Crippen molar-refractivity contribution in [3.63, 3.8) is 0 Å². The van der Waals surface area contributed by atoms with Crippen molar-refractivity contribution in [2.24, 2.45) is 5.73 Å². The van der Waals surface area contributed by atoms with Crippen LogP contribution in [0.4, 0.5) is 0 Å². The normalized spacial score (nSPS) is 9.58. The second-order valence-electron chi connectivity index (χ2n) is 3.49. The van der Waals surface area contributed by atoms with Gasteiger partial charge in [0, 0.05) is 44.5 Å². The van der Waals surface area contributed by atoms with Gasteiger partial charge in [0.15, 0.2) is 0 Å². The van der Waals surface area contributed by atoms with Gasteiger partial charge in [-0.2, -0.15) is 0 Å². The van der Waals surface area contributed by atoms with E-state index in [-0.39, 0.29) is 78.6 Å². The number of carboxylic acid groups (broad SMARTS) is 2. The molecule has 0 atom stereocenters. The number of carbonyl (C=O) groups is 2. The molecule has 0 aromatic heterocycles. The van der Waals surface area contributed by atoms with Gasteiger partial charge in [0.2, 0.25) is 0 Å². The van der Waals surface area contributed by atoms with Crippen LogP contribution in [0.5, 0.6) is 0 Å². The standard InChI is InChI=1S/C10H20N2O5.2Na/c11-3-5-12(4-1-9(13)14)6-8-17-7-2-10(15)16;;/h1-8,11H2,(H,13,14)(H,15,16);;/q;2*+1/p-2. The topological polar surface area (TPSA) is 119 Å². The van der Waals surface area contributed by atoms with Crippen LogP contribution in [0.25, 0.3) is 0 Å². The molecule has 19 heavy (non-hydrogen) atoms. The van der Waals surface area contributed by atoms with Gasteiger partial charge in [0.25, 0.3) is 0 Å². The molecule has 0 saturated carbocycles. The van der Waals surface area contributed by atoms with Crippen molar-refractivity contribution in [3.05, 3.63) is 0 Å². The third-order valence-corrected chi connectivity index (χ3v) is 2.08. The Kier molecular flexibility index (Phi) is 22.0. The monoisotopic (exact) mass is 292 g/mol. The Balaban J connectivity index is -0.00000128. The van der Waals surface area contributed by atoms with E-state index in [1.54, 1.807) is 0 Å². The van der Waals surface area contributed by atoms with Gasteiger partial charge in [-0.3, -0.25) is 4.90 Å². The summed E-state index contributed by atoms with van der Waals surface area (Å²) in [7, 11) is 0. The molecule has 2 N–H and O–H groups in total. The SMILES string of the molecule is NCCN(CCOCCC(=O)[O-])CCC(=O)[O-].[Na+].[Na+]. The fourth-order valence-electron chi connectivity index (χ4n) is 1.22. The van der Waals surface area contributed by atoms with Crippen LogP contribution in [0.15, 0.2) is 0 Å². The second kappa shape index (κ2) is 16.9. The Morgan fingerprint density at radius 1 is 0.947 bits per heavy atom. The maximum Gasteiger partial charge on any atom is 1.00 e. The minimum absolute atomic E-state index is 0. The second-order valence-corrected chi connectivity index (χ2v) is 3.49. The largest absolute Gasteiger partial charge is 1.00 e. The average Bonchev–Trinajstić information content (AvgIpc) is 2.24. The van der Waals surface area contributed by atoms with Crippen molar-refractivity contribution in [2.75, 3.05) is 39.4 Å². The Morgan fingerprint density at radius 3 is 2.00 bits per heavy atom. The number of ether oxygens (including phenoxy) is 1. The predicted molar refractivity (Wildman–Crippen MR) is 55.6 cm³/mol. The van der Waals surface area contributed by atoms with Crippen LogP contribution >= 0.6 is 0 Å². The number of rotatable bonds is 11. The van der Waals surface area contributed by atoms with Gasteiger partial charge in [-0.25, -0.2) is 0 Å². The molecule has 0 bridgehead atoms. The molecule has 0 aliphatic carbocycles. The van der Waals surface area contributed by atoms with E-state index in [0.29, 0.717) is 32.8 Å². The molecule has 0 fully saturated rings. The van der Waals surface area contributed by atoms with E-state index in [1.807, 2.05) is 4.90 Å². The molecule has 0 aliphatic heterocycles. The van der Waals surface area contributed by atoms with E-state index in [0.717, 1.165) is 0 Å². The van der Waals surface area contributed by atoms with Crippen molar-refractivity contribution in [1.82, 2.24) is 4.90 Å². The molecule has 9 heteroatoms. The van der Waals surface area contributed by atoms with Crippen LogP contribution in [-0.2, 0) is 14.3 Å². The molecule has 0 heterocycles. The number of nitrogens with two attached hydrogens (primary N) is 1. The zero-order valence-electron chi connectivity index (χ0n) is 11.7. The van der Waals surface area contributed by atoms with E-state index < -0.39 is 11.9 Å². The maximum absolute atomic E-state index is 10.3. The number of hydrogen-bond donors (Lipinski definition) is 1. The van der Waals surface area contributed by atoms with Crippen LogP contribution in [0.2, 0.25) is 0 Å². The van der Waals surface area contributed by atoms with E-state index in [9.17, 15) is 19.8 Å². The van der Waals surface area contributed by atoms with E-state index in [1.165, 1.54) is 0 Å². The molecule has 0 aromatic carbocycles. The molecule has 0 aromatic rings. The molecular weight excluding hydrogens is 274 g/mol. The van der Waals surface area contributed by atoms with Gasteiger partial charge in [0.1, 0.15) is 0 Å². The molecule has 0 spiro atoms. The van der Waals surface area contributed by atoms with E-state index >= 15 is 0 Å². The van der Waals surface area contributed by atoms with Crippen LogP contribution in [0.1, 0.15) is 12.8 Å². The molecule has 0 radical (unpaired) electrons. The summed E-state index contributed by atoms with van der Waals surface area (Å²) in [6.07, 6.45) is -0.199. The number of carbonyl (C=O) groups excluding carboxylic acids is 2. The first-order valence-electron chi connectivity index (χ1n) is 5.46. The fraction of sp³-hybridized carbons (Fsp3) is 0.800.